The number of sulfonamides is 1. The van der Waals surface area contributed by atoms with E-state index in [4.69, 9.17) is 10.00 Å². The van der Waals surface area contributed by atoms with Gasteiger partial charge < -0.3 is 9.64 Å². The fraction of sp³-hybridized carbons (Fsp3) is 0.500. The molecule has 30 heavy (non-hydrogen) atoms. The Hall–Kier alpha value is -2.48. The first kappa shape index (κ1) is 23.8. The van der Waals surface area contributed by atoms with Gasteiger partial charge in [0, 0.05) is 36.8 Å². The van der Waals surface area contributed by atoms with E-state index in [-0.39, 0.29) is 22.3 Å². The quantitative estimate of drug-likeness (QED) is 0.605. The zero-order chi connectivity index (χ0) is 22.6. The number of nitrogens with one attached hydrogen (secondary N) is 1. The highest BCUT2D eigenvalue weighted by molar-refractivity contribution is 7.89. The molecule has 0 bridgehead atoms. The number of aromatic nitrogens is 2. The lowest BCUT2D eigenvalue weighted by atomic mass is 9.96. The largest absolute Gasteiger partial charge is 0.387 e. The van der Waals surface area contributed by atoms with E-state index >= 15 is 0 Å². The summed E-state index contributed by atoms with van der Waals surface area (Å²) >= 11 is 0. The van der Waals surface area contributed by atoms with E-state index in [0.29, 0.717) is 12.1 Å². The van der Waals surface area contributed by atoms with Crippen molar-refractivity contribution in [3.8, 4) is 12.0 Å². The number of hydrogen-bond donors (Lipinski definition) is 1. The molecule has 0 aliphatic carbocycles. The van der Waals surface area contributed by atoms with Gasteiger partial charge in [-0.2, -0.15) is 5.10 Å². The SMILES string of the molecule is CCN(C)Cc1cc(S(=O)(=O)NC(C)c2cc(F)cc(C(C)C)c2OC#N)nn1C. The maximum Gasteiger partial charge on any atom is 0.292 e. The van der Waals surface area contributed by atoms with E-state index in [0.717, 1.165) is 12.2 Å². The third-order valence-electron chi connectivity index (χ3n) is 4.88. The van der Waals surface area contributed by atoms with Crippen molar-refractivity contribution in [2.45, 2.75) is 51.2 Å². The van der Waals surface area contributed by atoms with Crippen molar-refractivity contribution >= 4 is 10.0 Å². The van der Waals surface area contributed by atoms with Gasteiger partial charge in [0.25, 0.3) is 16.3 Å². The number of hydrogen-bond acceptors (Lipinski definition) is 6. The summed E-state index contributed by atoms with van der Waals surface area (Å²) in [6.07, 6.45) is 1.60. The van der Waals surface area contributed by atoms with Crippen LogP contribution in [-0.2, 0) is 23.6 Å². The number of halogens is 1. The number of ether oxygens (including phenoxy) is 1. The monoisotopic (exact) mass is 437 g/mol. The molecule has 8 nitrogen and oxygen atoms in total. The molecule has 1 heterocycles. The minimum atomic E-state index is -3.99. The molecule has 0 radical (unpaired) electrons. The third-order valence-corrected chi connectivity index (χ3v) is 6.29. The van der Waals surface area contributed by atoms with Gasteiger partial charge in [-0.1, -0.05) is 20.8 Å². The summed E-state index contributed by atoms with van der Waals surface area (Å²) in [6.45, 7) is 8.59. The van der Waals surface area contributed by atoms with Crippen LogP contribution in [0.4, 0.5) is 4.39 Å². The van der Waals surface area contributed by atoms with Gasteiger partial charge in [0.2, 0.25) is 0 Å². The summed E-state index contributed by atoms with van der Waals surface area (Å²) in [5, 5.41) is 13.0. The third kappa shape index (κ3) is 5.36. The first-order chi connectivity index (χ1) is 14.0. The minimum absolute atomic E-state index is 0.125. The van der Waals surface area contributed by atoms with Crippen molar-refractivity contribution in [3.63, 3.8) is 0 Å². The summed E-state index contributed by atoms with van der Waals surface area (Å²) in [6, 6.07) is 3.12. The number of rotatable bonds is 9. The average molecular weight is 438 g/mol. The lowest BCUT2D eigenvalue weighted by Gasteiger charge is -2.19. The van der Waals surface area contributed by atoms with Gasteiger partial charge in [0.15, 0.2) is 10.8 Å². The van der Waals surface area contributed by atoms with Crippen molar-refractivity contribution < 1.29 is 17.5 Å². The maximum absolute atomic E-state index is 14.2. The Morgan fingerprint density at radius 3 is 2.50 bits per heavy atom. The maximum atomic E-state index is 14.2. The van der Waals surface area contributed by atoms with Gasteiger partial charge >= 0.3 is 0 Å². The Bertz CT molecular complexity index is 1040. The van der Waals surface area contributed by atoms with Crippen LogP contribution < -0.4 is 9.46 Å². The van der Waals surface area contributed by atoms with Gasteiger partial charge in [0.1, 0.15) is 5.82 Å². The van der Waals surface area contributed by atoms with Crippen molar-refractivity contribution in [2.24, 2.45) is 7.05 Å². The van der Waals surface area contributed by atoms with E-state index in [1.807, 2.05) is 32.7 Å². The Balaban J connectivity index is 2.39. The van der Waals surface area contributed by atoms with Crippen LogP contribution in [-0.4, -0.2) is 36.7 Å². The van der Waals surface area contributed by atoms with Crippen molar-refractivity contribution in [1.82, 2.24) is 19.4 Å². The second-order valence-electron chi connectivity index (χ2n) is 7.53. The topological polar surface area (TPSA) is 100 Å². The second kappa shape index (κ2) is 9.55. The molecular weight excluding hydrogens is 409 g/mol. The second-order valence-corrected chi connectivity index (χ2v) is 9.19. The zero-order valence-corrected chi connectivity index (χ0v) is 18.9. The van der Waals surface area contributed by atoms with E-state index in [2.05, 4.69) is 9.82 Å². The molecule has 0 amide bonds. The molecule has 0 fully saturated rings. The molecule has 0 saturated carbocycles. The number of nitriles is 1. The predicted octanol–water partition coefficient (Wildman–Crippen LogP) is 3.03. The molecule has 1 atom stereocenters. The molecule has 2 aromatic rings. The molecule has 0 spiro atoms. The summed E-state index contributed by atoms with van der Waals surface area (Å²) in [5.74, 6) is -0.497. The fourth-order valence-corrected chi connectivity index (χ4v) is 4.29. The smallest absolute Gasteiger partial charge is 0.292 e. The molecule has 1 unspecified atom stereocenters. The van der Waals surface area contributed by atoms with Crippen LogP contribution in [0.2, 0.25) is 0 Å². The van der Waals surface area contributed by atoms with E-state index in [1.54, 1.807) is 20.2 Å². The van der Waals surface area contributed by atoms with Crippen LogP contribution >= 0.6 is 0 Å². The summed E-state index contributed by atoms with van der Waals surface area (Å²) in [7, 11) is -0.384. The van der Waals surface area contributed by atoms with Crippen LogP contribution in [0.5, 0.6) is 5.75 Å². The first-order valence-electron chi connectivity index (χ1n) is 9.63. The average Bonchev–Trinajstić information content (AvgIpc) is 3.03. The molecule has 10 heteroatoms. The summed E-state index contributed by atoms with van der Waals surface area (Å²) in [5.41, 5.74) is 1.47. The Labute approximate surface area is 177 Å². The van der Waals surface area contributed by atoms with Crippen LogP contribution in [0.25, 0.3) is 0 Å². The molecule has 0 aliphatic rings. The normalized spacial score (nSPS) is 12.9. The minimum Gasteiger partial charge on any atom is -0.387 e. The van der Waals surface area contributed by atoms with Gasteiger partial charge in [-0.25, -0.2) is 17.5 Å². The molecule has 2 rings (SSSR count). The zero-order valence-electron chi connectivity index (χ0n) is 18.1. The highest BCUT2D eigenvalue weighted by Crippen LogP contribution is 2.35. The standard InChI is InChI=1S/C20H28FN5O3S/c1-7-25(5)11-16-10-19(23-26(16)6)30(27,28)24-14(4)18-9-15(21)8-17(13(2)3)20(18)29-12-22/h8-10,13-14,24H,7,11H2,1-6H3. The number of nitrogens with zero attached hydrogens (tertiary/aromatic N) is 4. The van der Waals surface area contributed by atoms with Crippen molar-refractivity contribution in [3.05, 3.63) is 40.8 Å². The molecule has 0 saturated heterocycles. The molecular formula is C20H28FN5O3S. The van der Waals surface area contributed by atoms with Gasteiger partial charge in [-0.3, -0.25) is 4.68 Å². The van der Waals surface area contributed by atoms with Crippen LogP contribution in [0.1, 0.15) is 56.5 Å². The summed E-state index contributed by atoms with van der Waals surface area (Å²) < 4.78 is 49.1. The molecule has 0 aliphatic heterocycles. The van der Waals surface area contributed by atoms with Gasteiger partial charge in [-0.15, -0.1) is 5.26 Å². The van der Waals surface area contributed by atoms with Crippen molar-refractivity contribution in [1.29, 1.82) is 5.26 Å². The number of benzene rings is 1. The number of aryl methyl sites for hydroxylation is 1. The van der Waals surface area contributed by atoms with Gasteiger partial charge in [-0.05, 0) is 38.6 Å². The molecule has 164 valence electrons. The van der Waals surface area contributed by atoms with E-state index < -0.39 is 21.9 Å². The Morgan fingerprint density at radius 1 is 1.30 bits per heavy atom. The van der Waals surface area contributed by atoms with Gasteiger partial charge in [0.05, 0.1) is 5.69 Å². The van der Waals surface area contributed by atoms with E-state index in [1.165, 1.54) is 22.9 Å². The van der Waals surface area contributed by atoms with Crippen LogP contribution in [0.15, 0.2) is 23.2 Å². The highest BCUT2D eigenvalue weighted by Gasteiger charge is 2.26. The Morgan fingerprint density at radius 2 is 1.93 bits per heavy atom. The lowest BCUT2D eigenvalue weighted by molar-refractivity contribution is 0.335. The predicted molar refractivity (Wildman–Crippen MR) is 111 cm³/mol. The highest BCUT2D eigenvalue weighted by atomic mass is 32.2. The van der Waals surface area contributed by atoms with Crippen molar-refractivity contribution in [2.75, 3.05) is 13.6 Å². The fourth-order valence-electron chi connectivity index (χ4n) is 3.05. The molecule has 1 aromatic carbocycles. The lowest BCUT2D eigenvalue weighted by Crippen LogP contribution is -2.28. The van der Waals surface area contributed by atoms with Crippen LogP contribution in [0.3, 0.4) is 0 Å². The molecule has 1 aromatic heterocycles. The first-order valence-corrected chi connectivity index (χ1v) is 11.1. The van der Waals surface area contributed by atoms with Crippen LogP contribution in [0, 0.1) is 17.3 Å². The summed E-state index contributed by atoms with van der Waals surface area (Å²) in [4.78, 5) is 2.02. The van der Waals surface area contributed by atoms with E-state index in [9.17, 15) is 12.8 Å². The molecule has 1 N–H and O–H groups in total. The Kier molecular flexibility index (Phi) is 7.58.